The van der Waals surface area contributed by atoms with Crippen LogP contribution in [0.1, 0.15) is 24.0 Å². The first-order valence-electron chi connectivity index (χ1n) is 5.03. The summed E-state index contributed by atoms with van der Waals surface area (Å²) < 4.78 is 23.2. The average Bonchev–Trinajstić information content (AvgIpc) is 2.91. The summed E-state index contributed by atoms with van der Waals surface area (Å²) >= 11 is 3.44. The van der Waals surface area contributed by atoms with Gasteiger partial charge in [-0.3, -0.25) is 0 Å². The standard InChI is InChI=1S/C11H12BrClO2S/c1-8-2-3-9(6-10(8)12)7-11(4-5-11)16(13,14)15/h2-3,6H,4-5,7H2,1H3. The molecular formula is C11H12BrClO2S. The van der Waals surface area contributed by atoms with Gasteiger partial charge in [0.25, 0.3) is 0 Å². The lowest BCUT2D eigenvalue weighted by atomic mass is 10.1. The zero-order valence-corrected chi connectivity index (χ0v) is 12.0. The molecule has 0 aliphatic heterocycles. The zero-order valence-electron chi connectivity index (χ0n) is 8.83. The molecule has 0 heterocycles. The molecule has 1 aliphatic rings. The summed E-state index contributed by atoms with van der Waals surface area (Å²) in [6.07, 6.45) is 1.85. The van der Waals surface area contributed by atoms with Gasteiger partial charge in [-0.1, -0.05) is 28.1 Å². The van der Waals surface area contributed by atoms with Gasteiger partial charge in [-0.05, 0) is 43.4 Å². The molecule has 0 saturated heterocycles. The fourth-order valence-corrected chi connectivity index (χ4v) is 3.75. The Morgan fingerprint density at radius 2 is 2.06 bits per heavy atom. The monoisotopic (exact) mass is 322 g/mol. The quantitative estimate of drug-likeness (QED) is 0.799. The van der Waals surface area contributed by atoms with Crippen LogP contribution in [-0.2, 0) is 15.5 Å². The maximum absolute atomic E-state index is 11.4. The molecule has 0 N–H and O–H groups in total. The van der Waals surface area contributed by atoms with E-state index in [4.69, 9.17) is 10.7 Å². The minimum atomic E-state index is -3.46. The van der Waals surface area contributed by atoms with Crippen LogP contribution in [0.5, 0.6) is 0 Å². The minimum absolute atomic E-state index is 0.512. The van der Waals surface area contributed by atoms with Crippen molar-refractivity contribution in [2.75, 3.05) is 0 Å². The van der Waals surface area contributed by atoms with Gasteiger partial charge in [0.2, 0.25) is 9.05 Å². The van der Waals surface area contributed by atoms with E-state index in [1.54, 1.807) is 0 Å². The van der Waals surface area contributed by atoms with Gasteiger partial charge in [0.05, 0.1) is 4.75 Å². The number of hydrogen-bond acceptors (Lipinski definition) is 2. The normalized spacial score (nSPS) is 18.4. The van der Waals surface area contributed by atoms with Crippen molar-refractivity contribution < 1.29 is 8.42 Å². The minimum Gasteiger partial charge on any atom is -0.212 e. The maximum Gasteiger partial charge on any atom is 0.238 e. The highest BCUT2D eigenvalue weighted by atomic mass is 79.9. The first-order valence-corrected chi connectivity index (χ1v) is 8.14. The van der Waals surface area contributed by atoms with Crippen LogP contribution in [0.4, 0.5) is 0 Å². The Labute approximate surface area is 109 Å². The largest absolute Gasteiger partial charge is 0.238 e. The third-order valence-electron chi connectivity index (χ3n) is 3.09. The molecule has 2 nitrogen and oxygen atoms in total. The van der Waals surface area contributed by atoms with Gasteiger partial charge in [0, 0.05) is 15.2 Å². The second kappa shape index (κ2) is 4.00. The Morgan fingerprint density at radius 1 is 1.44 bits per heavy atom. The summed E-state index contributed by atoms with van der Waals surface area (Å²) in [4.78, 5) is 0. The van der Waals surface area contributed by atoms with E-state index in [1.165, 1.54) is 0 Å². The van der Waals surface area contributed by atoms with Crippen molar-refractivity contribution in [2.45, 2.75) is 30.9 Å². The molecule has 1 aromatic rings. The van der Waals surface area contributed by atoms with Gasteiger partial charge < -0.3 is 0 Å². The molecule has 0 spiro atoms. The number of rotatable bonds is 3. The van der Waals surface area contributed by atoms with Crippen LogP contribution in [0.3, 0.4) is 0 Å². The van der Waals surface area contributed by atoms with Crippen LogP contribution in [0, 0.1) is 6.92 Å². The molecule has 2 rings (SSSR count). The predicted molar refractivity (Wildman–Crippen MR) is 69.3 cm³/mol. The van der Waals surface area contributed by atoms with Crippen LogP contribution in [0.2, 0.25) is 0 Å². The highest BCUT2D eigenvalue weighted by molar-refractivity contribution is 9.10. The van der Waals surface area contributed by atoms with Crippen molar-refractivity contribution in [3.8, 4) is 0 Å². The average molecular weight is 324 g/mol. The molecular weight excluding hydrogens is 312 g/mol. The van der Waals surface area contributed by atoms with Gasteiger partial charge in [0.15, 0.2) is 0 Å². The van der Waals surface area contributed by atoms with E-state index >= 15 is 0 Å². The Balaban J connectivity index is 2.26. The van der Waals surface area contributed by atoms with Crippen molar-refractivity contribution in [3.05, 3.63) is 33.8 Å². The lowest BCUT2D eigenvalue weighted by molar-refractivity contribution is 0.590. The van der Waals surface area contributed by atoms with Crippen molar-refractivity contribution in [3.63, 3.8) is 0 Å². The van der Waals surface area contributed by atoms with Crippen LogP contribution in [0.25, 0.3) is 0 Å². The fourth-order valence-electron chi connectivity index (χ4n) is 1.76. The van der Waals surface area contributed by atoms with E-state index in [2.05, 4.69) is 15.9 Å². The highest BCUT2D eigenvalue weighted by Crippen LogP contribution is 2.48. The number of hydrogen-bond donors (Lipinski definition) is 0. The zero-order chi connectivity index (χ0) is 12.0. The van der Waals surface area contributed by atoms with Gasteiger partial charge in [-0.15, -0.1) is 0 Å². The van der Waals surface area contributed by atoms with E-state index in [-0.39, 0.29) is 0 Å². The first kappa shape index (κ1) is 12.4. The molecule has 1 aromatic carbocycles. The van der Waals surface area contributed by atoms with Crippen LogP contribution >= 0.6 is 26.6 Å². The van der Waals surface area contributed by atoms with Gasteiger partial charge in [0.1, 0.15) is 0 Å². The Kier molecular flexibility index (Phi) is 3.10. The van der Waals surface area contributed by atoms with E-state index in [1.807, 2.05) is 25.1 Å². The van der Waals surface area contributed by atoms with Crippen LogP contribution < -0.4 is 0 Å². The second-order valence-corrected chi connectivity index (χ2v) is 8.20. The molecule has 0 amide bonds. The predicted octanol–water partition coefficient (Wildman–Crippen LogP) is 3.40. The van der Waals surface area contributed by atoms with Crippen molar-refractivity contribution >= 4 is 35.7 Å². The molecule has 0 atom stereocenters. The lowest BCUT2D eigenvalue weighted by Gasteiger charge is -2.11. The maximum atomic E-state index is 11.4. The van der Waals surface area contributed by atoms with E-state index in [0.29, 0.717) is 19.3 Å². The molecule has 0 unspecified atom stereocenters. The molecule has 5 heteroatoms. The summed E-state index contributed by atoms with van der Waals surface area (Å²) in [5, 5.41) is 0. The summed E-state index contributed by atoms with van der Waals surface area (Å²) in [6.45, 7) is 2.00. The summed E-state index contributed by atoms with van der Waals surface area (Å²) in [7, 11) is 2.01. The summed E-state index contributed by atoms with van der Waals surface area (Å²) in [6, 6.07) is 5.91. The van der Waals surface area contributed by atoms with Crippen molar-refractivity contribution in [1.82, 2.24) is 0 Å². The number of benzene rings is 1. The Morgan fingerprint density at radius 3 is 2.50 bits per heavy atom. The first-order chi connectivity index (χ1) is 7.34. The number of aryl methyl sites for hydroxylation is 1. The Bertz CT molecular complexity index is 521. The molecule has 1 aliphatic carbocycles. The molecule has 16 heavy (non-hydrogen) atoms. The molecule has 88 valence electrons. The second-order valence-electron chi connectivity index (χ2n) is 4.38. The smallest absolute Gasteiger partial charge is 0.212 e. The third-order valence-corrected chi connectivity index (χ3v) is 6.51. The highest BCUT2D eigenvalue weighted by Gasteiger charge is 2.53. The van der Waals surface area contributed by atoms with Crippen molar-refractivity contribution in [1.29, 1.82) is 0 Å². The lowest BCUT2D eigenvalue weighted by Crippen LogP contribution is -2.20. The SMILES string of the molecule is Cc1ccc(CC2(S(=O)(=O)Cl)CC2)cc1Br. The van der Waals surface area contributed by atoms with E-state index in [9.17, 15) is 8.42 Å². The third kappa shape index (κ3) is 2.29. The summed E-state index contributed by atoms with van der Waals surface area (Å²) in [5.41, 5.74) is 2.15. The fraction of sp³-hybridized carbons (Fsp3) is 0.455. The van der Waals surface area contributed by atoms with Crippen molar-refractivity contribution in [2.24, 2.45) is 0 Å². The molecule has 0 aromatic heterocycles. The van der Waals surface area contributed by atoms with Gasteiger partial charge in [-0.25, -0.2) is 8.42 Å². The topological polar surface area (TPSA) is 34.1 Å². The van der Waals surface area contributed by atoms with Gasteiger partial charge >= 0.3 is 0 Å². The van der Waals surface area contributed by atoms with Gasteiger partial charge in [-0.2, -0.15) is 0 Å². The molecule has 1 fully saturated rings. The number of halogens is 2. The van der Waals surface area contributed by atoms with E-state index in [0.717, 1.165) is 15.6 Å². The Hall–Kier alpha value is -0.0600. The van der Waals surface area contributed by atoms with Crippen LogP contribution in [0.15, 0.2) is 22.7 Å². The molecule has 0 radical (unpaired) electrons. The summed E-state index contributed by atoms with van der Waals surface area (Å²) in [5.74, 6) is 0. The molecule has 0 bridgehead atoms. The van der Waals surface area contributed by atoms with Crippen LogP contribution in [-0.4, -0.2) is 13.2 Å². The van der Waals surface area contributed by atoms with E-state index < -0.39 is 13.8 Å². The molecule has 1 saturated carbocycles.